The Hall–Kier alpha value is -1.82. The number of hydrazine groups is 1. The zero-order chi connectivity index (χ0) is 12.1. The van der Waals surface area contributed by atoms with Crippen LogP contribution in [0.3, 0.4) is 0 Å². The lowest BCUT2D eigenvalue weighted by Crippen LogP contribution is -2.35. The van der Waals surface area contributed by atoms with Crippen LogP contribution in [0, 0.1) is 10.1 Å². The summed E-state index contributed by atoms with van der Waals surface area (Å²) in [4.78, 5) is 14.5. The molecule has 0 aliphatic carbocycles. The van der Waals surface area contributed by atoms with Gasteiger partial charge in [-0.15, -0.1) is 15.3 Å². The van der Waals surface area contributed by atoms with E-state index < -0.39 is 5.09 Å². The summed E-state index contributed by atoms with van der Waals surface area (Å²) >= 11 is 0. The second-order valence-electron chi connectivity index (χ2n) is 3.26. The van der Waals surface area contributed by atoms with Gasteiger partial charge in [0.25, 0.3) is 0 Å². The van der Waals surface area contributed by atoms with E-state index in [1.807, 2.05) is 32.0 Å². The molecule has 0 unspecified atom stereocenters. The zero-order valence-corrected chi connectivity index (χ0v) is 9.34. The van der Waals surface area contributed by atoms with Crippen molar-refractivity contribution in [3.05, 3.63) is 39.4 Å². The number of para-hydroxylation sites is 1. The van der Waals surface area contributed by atoms with E-state index in [9.17, 15) is 10.1 Å². The molecular weight excluding hydrogens is 210 g/mol. The summed E-state index contributed by atoms with van der Waals surface area (Å²) in [6.07, 6.45) is 1.47. The third kappa shape index (κ3) is 2.60. The number of hydrogen-bond donors (Lipinski definition) is 1. The van der Waals surface area contributed by atoms with Gasteiger partial charge in [-0.3, -0.25) is 0 Å². The van der Waals surface area contributed by atoms with Crippen LogP contribution in [0.25, 0.3) is 0 Å². The van der Waals surface area contributed by atoms with Gasteiger partial charge >= 0.3 is 5.09 Å². The summed E-state index contributed by atoms with van der Waals surface area (Å²) in [5.41, 5.74) is 2.41. The number of anilines is 1. The molecule has 0 aliphatic rings. The number of aryl methyl sites for hydroxylation is 2. The topological polar surface area (TPSA) is 81.6 Å². The largest absolute Gasteiger partial charge is 0.318 e. The maximum atomic E-state index is 10.2. The van der Waals surface area contributed by atoms with Crippen LogP contribution in [0.2, 0.25) is 0 Å². The molecule has 0 bridgehead atoms. The smallest absolute Gasteiger partial charge is 0.223 e. The van der Waals surface area contributed by atoms with Gasteiger partial charge in [-0.05, 0) is 24.0 Å². The third-order valence-corrected chi connectivity index (χ3v) is 2.34. The van der Waals surface area contributed by atoms with Crippen molar-refractivity contribution in [2.45, 2.75) is 26.7 Å². The SMILES string of the molecule is CCc1cccc(CC)c1N(N)O[N+](=O)[O-]. The monoisotopic (exact) mass is 225 g/mol. The number of nitrogens with two attached hydrogens (primary N) is 1. The number of hydrogen-bond acceptors (Lipinski definition) is 5. The molecule has 88 valence electrons. The van der Waals surface area contributed by atoms with Crippen LogP contribution < -0.4 is 11.0 Å². The van der Waals surface area contributed by atoms with Crippen molar-refractivity contribution in [2.24, 2.45) is 5.84 Å². The van der Waals surface area contributed by atoms with Crippen molar-refractivity contribution < 1.29 is 10.0 Å². The van der Waals surface area contributed by atoms with E-state index in [1.54, 1.807) is 0 Å². The summed E-state index contributed by atoms with van der Waals surface area (Å²) in [7, 11) is 0. The highest BCUT2D eigenvalue weighted by atomic mass is 17.0. The normalized spacial score (nSPS) is 9.94. The average Bonchev–Trinajstić information content (AvgIpc) is 2.26. The minimum Gasteiger partial charge on any atom is -0.223 e. The molecule has 16 heavy (non-hydrogen) atoms. The number of rotatable bonds is 5. The minimum absolute atomic E-state index is 0.573. The maximum Gasteiger partial charge on any atom is 0.318 e. The van der Waals surface area contributed by atoms with Crippen LogP contribution in [0.15, 0.2) is 18.2 Å². The van der Waals surface area contributed by atoms with E-state index in [4.69, 9.17) is 5.84 Å². The molecule has 1 rings (SSSR count). The molecule has 0 atom stereocenters. The van der Waals surface area contributed by atoms with Gasteiger partial charge in [0, 0.05) is 0 Å². The van der Waals surface area contributed by atoms with Gasteiger partial charge in [0.05, 0.1) is 5.69 Å². The van der Waals surface area contributed by atoms with Crippen molar-refractivity contribution in [1.29, 1.82) is 0 Å². The first-order valence-corrected chi connectivity index (χ1v) is 5.08. The fourth-order valence-corrected chi connectivity index (χ4v) is 1.61. The fraction of sp³-hybridized carbons (Fsp3) is 0.400. The van der Waals surface area contributed by atoms with Crippen molar-refractivity contribution in [3.63, 3.8) is 0 Å². The fourth-order valence-electron chi connectivity index (χ4n) is 1.61. The Morgan fingerprint density at radius 3 is 2.25 bits per heavy atom. The predicted octanol–water partition coefficient (Wildman–Crippen LogP) is 1.61. The lowest BCUT2D eigenvalue weighted by molar-refractivity contribution is -0.762. The van der Waals surface area contributed by atoms with Crippen molar-refractivity contribution in [3.8, 4) is 0 Å². The van der Waals surface area contributed by atoms with Crippen LogP contribution in [0.5, 0.6) is 0 Å². The summed E-state index contributed by atoms with van der Waals surface area (Å²) in [5, 5.41) is 10.0. The Balaban J connectivity index is 3.12. The molecule has 0 heterocycles. The molecule has 0 saturated carbocycles. The van der Waals surface area contributed by atoms with E-state index in [-0.39, 0.29) is 0 Å². The molecule has 0 radical (unpaired) electrons. The molecule has 0 aliphatic heterocycles. The second-order valence-corrected chi connectivity index (χ2v) is 3.26. The van der Waals surface area contributed by atoms with Gasteiger partial charge in [-0.2, -0.15) is 4.94 Å². The molecule has 1 aromatic carbocycles. The Labute approximate surface area is 93.6 Å². The van der Waals surface area contributed by atoms with Crippen molar-refractivity contribution in [2.75, 3.05) is 5.17 Å². The molecule has 6 heteroatoms. The lowest BCUT2D eigenvalue weighted by atomic mass is 10.0. The molecule has 1 aromatic rings. The average molecular weight is 225 g/mol. The van der Waals surface area contributed by atoms with Crippen molar-refractivity contribution in [1.82, 2.24) is 0 Å². The van der Waals surface area contributed by atoms with Gasteiger partial charge in [-0.25, -0.2) is 5.84 Å². The highest BCUT2D eigenvalue weighted by molar-refractivity contribution is 5.57. The second kappa shape index (κ2) is 5.32. The summed E-state index contributed by atoms with van der Waals surface area (Å²) in [5.74, 6) is 5.52. The van der Waals surface area contributed by atoms with E-state index in [1.165, 1.54) is 0 Å². The summed E-state index contributed by atoms with van der Waals surface area (Å²) < 4.78 is 0. The van der Waals surface area contributed by atoms with Gasteiger partial charge in [-0.1, -0.05) is 32.0 Å². The maximum absolute atomic E-state index is 10.2. The Morgan fingerprint density at radius 1 is 1.38 bits per heavy atom. The summed E-state index contributed by atoms with van der Waals surface area (Å²) in [6.45, 7) is 3.91. The van der Waals surface area contributed by atoms with Crippen molar-refractivity contribution >= 4 is 5.69 Å². The van der Waals surface area contributed by atoms with Gasteiger partial charge in [0.15, 0.2) is 0 Å². The Morgan fingerprint density at radius 2 is 1.88 bits per heavy atom. The van der Waals surface area contributed by atoms with Gasteiger partial charge in [0.2, 0.25) is 0 Å². The van der Waals surface area contributed by atoms with Crippen LogP contribution in [-0.4, -0.2) is 5.09 Å². The van der Waals surface area contributed by atoms with Gasteiger partial charge in [0.1, 0.15) is 0 Å². The molecule has 0 spiro atoms. The van der Waals surface area contributed by atoms with E-state index in [0.717, 1.165) is 29.1 Å². The Bertz CT molecular complexity index is 359. The molecule has 0 fully saturated rings. The molecule has 2 N–H and O–H groups in total. The predicted molar refractivity (Wildman–Crippen MR) is 59.9 cm³/mol. The molecule has 0 saturated heterocycles. The van der Waals surface area contributed by atoms with Gasteiger partial charge < -0.3 is 0 Å². The quantitative estimate of drug-likeness (QED) is 0.467. The lowest BCUT2D eigenvalue weighted by Gasteiger charge is -2.20. The zero-order valence-electron chi connectivity index (χ0n) is 9.34. The summed E-state index contributed by atoms with van der Waals surface area (Å²) in [6, 6.07) is 5.65. The highest BCUT2D eigenvalue weighted by Gasteiger charge is 2.14. The number of nitrogens with zero attached hydrogens (tertiary/aromatic N) is 2. The highest BCUT2D eigenvalue weighted by Crippen LogP contribution is 2.25. The van der Waals surface area contributed by atoms with Crippen LogP contribution in [-0.2, 0) is 17.8 Å². The molecule has 0 amide bonds. The molecule has 0 aromatic heterocycles. The minimum atomic E-state index is -0.925. The van der Waals surface area contributed by atoms with E-state index in [0.29, 0.717) is 5.69 Å². The standard InChI is InChI=1S/C10H15N3O3/c1-3-8-6-5-7-9(4-2)10(8)12(11)16-13(14)15/h5-7H,3-4,11H2,1-2H3. The molecule has 6 nitrogen and oxygen atoms in total. The van der Waals surface area contributed by atoms with Crippen LogP contribution in [0.4, 0.5) is 5.69 Å². The first kappa shape index (κ1) is 12.3. The van der Waals surface area contributed by atoms with Crippen LogP contribution >= 0.6 is 0 Å². The molecular formula is C10H15N3O3. The number of benzene rings is 1. The van der Waals surface area contributed by atoms with E-state index >= 15 is 0 Å². The Kier molecular flexibility index (Phi) is 4.07. The van der Waals surface area contributed by atoms with Crippen LogP contribution in [0.1, 0.15) is 25.0 Å². The first-order valence-electron chi connectivity index (χ1n) is 5.08. The third-order valence-electron chi connectivity index (χ3n) is 2.34. The first-order chi connectivity index (χ1) is 7.60. The van der Waals surface area contributed by atoms with E-state index in [2.05, 4.69) is 4.94 Å².